The van der Waals surface area contributed by atoms with Gasteiger partial charge in [-0.1, -0.05) is 28.1 Å². The van der Waals surface area contributed by atoms with Crippen LogP contribution in [-0.2, 0) is 11.2 Å². The quantitative estimate of drug-likeness (QED) is 0.875. The Bertz CT molecular complexity index is 587. The van der Waals surface area contributed by atoms with Gasteiger partial charge in [0.05, 0.1) is 4.47 Å². The van der Waals surface area contributed by atoms with Gasteiger partial charge in [-0.15, -0.1) is 0 Å². The van der Waals surface area contributed by atoms with Gasteiger partial charge in [-0.05, 0) is 40.0 Å². The molecule has 2 aromatic rings. The molecule has 0 saturated heterocycles. The first-order chi connectivity index (χ1) is 9.06. The fourth-order valence-electron chi connectivity index (χ4n) is 1.69. The number of rotatable bonds is 4. The van der Waals surface area contributed by atoms with Crippen molar-refractivity contribution in [2.75, 3.05) is 0 Å². The van der Waals surface area contributed by atoms with E-state index < -0.39 is 11.9 Å². The summed E-state index contributed by atoms with van der Waals surface area (Å²) in [6.07, 6.45) is 3.47. The molecule has 2 rings (SSSR count). The highest BCUT2D eigenvalue weighted by atomic mass is 79.9. The van der Waals surface area contributed by atoms with Gasteiger partial charge in [0.1, 0.15) is 11.7 Å². The van der Waals surface area contributed by atoms with E-state index in [9.17, 15) is 9.90 Å². The van der Waals surface area contributed by atoms with E-state index in [-0.39, 0.29) is 0 Å². The zero-order chi connectivity index (χ0) is 13.8. The predicted octanol–water partition coefficient (Wildman–Crippen LogP) is 3.41. The minimum atomic E-state index is -0.928. The summed E-state index contributed by atoms with van der Waals surface area (Å²) in [7, 11) is 0. The molecule has 0 fully saturated rings. The Labute approximate surface area is 127 Å². The molecular weight excluding hydrogens is 376 g/mol. The van der Waals surface area contributed by atoms with Gasteiger partial charge in [0.15, 0.2) is 0 Å². The highest BCUT2D eigenvalue weighted by molar-refractivity contribution is 9.10. The Morgan fingerprint density at radius 2 is 1.89 bits per heavy atom. The molecule has 0 amide bonds. The smallest absolute Gasteiger partial charge is 0.314 e. The summed E-state index contributed by atoms with van der Waals surface area (Å²) in [5, 5.41) is 9.32. The van der Waals surface area contributed by atoms with E-state index in [1.807, 2.05) is 24.3 Å². The Kier molecular flexibility index (Phi) is 4.66. The van der Waals surface area contributed by atoms with Crippen molar-refractivity contribution in [1.29, 1.82) is 0 Å². The van der Waals surface area contributed by atoms with Gasteiger partial charge in [-0.25, -0.2) is 9.97 Å². The van der Waals surface area contributed by atoms with Crippen molar-refractivity contribution in [3.8, 4) is 0 Å². The summed E-state index contributed by atoms with van der Waals surface area (Å²) >= 11 is 6.60. The first-order valence-corrected chi connectivity index (χ1v) is 7.09. The number of hydrogen-bond acceptors (Lipinski definition) is 3. The molecule has 0 spiro atoms. The van der Waals surface area contributed by atoms with E-state index in [1.54, 1.807) is 12.4 Å². The van der Waals surface area contributed by atoms with E-state index in [4.69, 9.17) is 0 Å². The fraction of sp³-hybridized carbons (Fsp3) is 0.154. The van der Waals surface area contributed by atoms with Gasteiger partial charge in [0.25, 0.3) is 0 Å². The van der Waals surface area contributed by atoms with Crippen LogP contribution in [0.1, 0.15) is 17.3 Å². The molecule has 19 heavy (non-hydrogen) atoms. The number of carbonyl (C=O) groups is 1. The van der Waals surface area contributed by atoms with Crippen molar-refractivity contribution < 1.29 is 9.90 Å². The molecule has 1 aromatic heterocycles. The number of carboxylic acid groups (broad SMARTS) is 1. The molecule has 6 heteroatoms. The molecule has 1 N–H and O–H groups in total. The minimum Gasteiger partial charge on any atom is -0.481 e. The number of benzene rings is 1. The summed E-state index contributed by atoms with van der Waals surface area (Å²) < 4.78 is 1.65. The van der Waals surface area contributed by atoms with E-state index in [2.05, 4.69) is 41.8 Å². The molecule has 0 radical (unpaired) electrons. The standard InChI is InChI=1S/C13H10Br2N2O2/c14-9-3-1-2-8(4-9)5-11(13(18)19)12-16-6-10(15)7-17-12/h1-4,6-7,11H,5H2,(H,18,19). The molecule has 0 saturated carbocycles. The lowest BCUT2D eigenvalue weighted by molar-refractivity contribution is -0.139. The molecule has 0 aliphatic carbocycles. The van der Waals surface area contributed by atoms with Crippen LogP contribution in [0.5, 0.6) is 0 Å². The van der Waals surface area contributed by atoms with Crippen molar-refractivity contribution in [2.24, 2.45) is 0 Å². The van der Waals surface area contributed by atoms with E-state index >= 15 is 0 Å². The third-order valence-corrected chi connectivity index (χ3v) is 3.48. The number of carboxylic acids is 1. The molecule has 1 heterocycles. The van der Waals surface area contributed by atoms with Crippen LogP contribution < -0.4 is 0 Å². The average molecular weight is 386 g/mol. The molecule has 4 nitrogen and oxygen atoms in total. The van der Waals surface area contributed by atoms with Gasteiger partial charge in [0, 0.05) is 16.9 Å². The average Bonchev–Trinajstić information content (AvgIpc) is 2.37. The van der Waals surface area contributed by atoms with Gasteiger partial charge in [-0.2, -0.15) is 0 Å². The molecule has 0 aliphatic rings. The van der Waals surface area contributed by atoms with Gasteiger partial charge in [0.2, 0.25) is 0 Å². The van der Waals surface area contributed by atoms with Crippen LogP contribution in [0.4, 0.5) is 0 Å². The molecule has 1 unspecified atom stereocenters. The first-order valence-electron chi connectivity index (χ1n) is 5.51. The molecule has 98 valence electrons. The van der Waals surface area contributed by atoms with Crippen molar-refractivity contribution in [2.45, 2.75) is 12.3 Å². The highest BCUT2D eigenvalue weighted by Crippen LogP contribution is 2.21. The molecule has 0 bridgehead atoms. The second-order valence-electron chi connectivity index (χ2n) is 3.98. The lowest BCUT2D eigenvalue weighted by Crippen LogP contribution is -2.17. The maximum atomic E-state index is 11.4. The Morgan fingerprint density at radius 3 is 2.47 bits per heavy atom. The van der Waals surface area contributed by atoms with Crippen LogP contribution in [0, 0.1) is 0 Å². The summed E-state index contributed by atoms with van der Waals surface area (Å²) in [5.41, 5.74) is 0.924. The largest absolute Gasteiger partial charge is 0.481 e. The normalized spacial score (nSPS) is 12.1. The van der Waals surface area contributed by atoms with Gasteiger partial charge >= 0.3 is 5.97 Å². The topological polar surface area (TPSA) is 63.1 Å². The fourth-order valence-corrected chi connectivity index (χ4v) is 2.34. The van der Waals surface area contributed by atoms with E-state index in [0.717, 1.165) is 14.5 Å². The second kappa shape index (κ2) is 6.25. The van der Waals surface area contributed by atoms with Crippen LogP contribution in [0.25, 0.3) is 0 Å². The van der Waals surface area contributed by atoms with Crippen molar-refractivity contribution in [3.05, 3.63) is 57.0 Å². The molecule has 0 aliphatic heterocycles. The van der Waals surface area contributed by atoms with E-state index in [1.165, 1.54) is 0 Å². The molecule has 1 aromatic carbocycles. The zero-order valence-corrected chi connectivity index (χ0v) is 12.9. The Morgan fingerprint density at radius 1 is 1.21 bits per heavy atom. The molecule has 1 atom stereocenters. The van der Waals surface area contributed by atoms with Crippen molar-refractivity contribution in [3.63, 3.8) is 0 Å². The summed E-state index contributed by atoms with van der Waals surface area (Å²) in [6, 6.07) is 7.56. The summed E-state index contributed by atoms with van der Waals surface area (Å²) in [5.74, 6) is -1.36. The summed E-state index contributed by atoms with van der Waals surface area (Å²) in [4.78, 5) is 19.5. The highest BCUT2D eigenvalue weighted by Gasteiger charge is 2.23. The van der Waals surface area contributed by atoms with Gasteiger partial charge in [-0.3, -0.25) is 4.79 Å². The molecular formula is C13H10Br2N2O2. The van der Waals surface area contributed by atoms with Crippen LogP contribution >= 0.6 is 31.9 Å². The number of nitrogens with zero attached hydrogens (tertiary/aromatic N) is 2. The van der Waals surface area contributed by atoms with Crippen LogP contribution in [0.2, 0.25) is 0 Å². The predicted molar refractivity (Wildman–Crippen MR) is 78.0 cm³/mol. The number of hydrogen-bond donors (Lipinski definition) is 1. The minimum absolute atomic E-state index is 0.315. The summed E-state index contributed by atoms with van der Waals surface area (Å²) in [6.45, 7) is 0. The second-order valence-corrected chi connectivity index (χ2v) is 5.82. The van der Waals surface area contributed by atoms with E-state index in [0.29, 0.717) is 12.2 Å². The lowest BCUT2D eigenvalue weighted by Gasteiger charge is -2.11. The number of halogens is 2. The third-order valence-electron chi connectivity index (χ3n) is 2.58. The van der Waals surface area contributed by atoms with Crippen LogP contribution in [0.15, 0.2) is 45.6 Å². The van der Waals surface area contributed by atoms with Crippen molar-refractivity contribution in [1.82, 2.24) is 9.97 Å². The van der Waals surface area contributed by atoms with Gasteiger partial charge < -0.3 is 5.11 Å². The SMILES string of the molecule is O=C(O)C(Cc1cccc(Br)c1)c1ncc(Br)cn1. The number of aliphatic carboxylic acids is 1. The zero-order valence-electron chi connectivity index (χ0n) is 9.75. The number of aromatic nitrogens is 2. The monoisotopic (exact) mass is 384 g/mol. The maximum Gasteiger partial charge on any atom is 0.314 e. The van der Waals surface area contributed by atoms with Crippen molar-refractivity contribution >= 4 is 37.8 Å². The van der Waals surface area contributed by atoms with Crippen LogP contribution in [-0.4, -0.2) is 21.0 Å². The first kappa shape index (κ1) is 14.1. The third kappa shape index (κ3) is 3.84. The Balaban J connectivity index is 2.26. The maximum absolute atomic E-state index is 11.4. The Hall–Kier alpha value is -1.27. The van der Waals surface area contributed by atoms with Crippen LogP contribution in [0.3, 0.4) is 0 Å². The lowest BCUT2D eigenvalue weighted by atomic mass is 9.99.